The van der Waals surface area contributed by atoms with Crippen LogP contribution in [0.1, 0.15) is 13.8 Å². The van der Waals surface area contributed by atoms with Crippen LogP contribution in [0.4, 0.5) is 0 Å². The van der Waals surface area contributed by atoms with Crippen molar-refractivity contribution in [2.75, 3.05) is 18.0 Å². The molecule has 0 spiro atoms. The molecule has 0 amide bonds. The average molecular weight is 227 g/mol. The third-order valence-electron chi connectivity index (χ3n) is 1.47. The number of alkyl halides is 1. The Morgan fingerprint density at radius 3 is 2.25 bits per heavy atom. The van der Waals surface area contributed by atoms with Crippen LogP contribution >= 0.6 is 22.6 Å². The SMILES string of the molecule is CCN(C)[C@@H](C)CI. The van der Waals surface area contributed by atoms with Crippen LogP contribution < -0.4 is 0 Å². The molecule has 0 aromatic carbocycles. The van der Waals surface area contributed by atoms with Gasteiger partial charge in [-0.25, -0.2) is 0 Å². The van der Waals surface area contributed by atoms with Gasteiger partial charge in [0.25, 0.3) is 0 Å². The summed E-state index contributed by atoms with van der Waals surface area (Å²) in [6, 6.07) is 0.737. The summed E-state index contributed by atoms with van der Waals surface area (Å²) in [6.45, 7) is 5.59. The number of rotatable bonds is 3. The summed E-state index contributed by atoms with van der Waals surface area (Å²) in [6.07, 6.45) is 0. The molecule has 0 fully saturated rings. The number of hydrogen-bond acceptors (Lipinski definition) is 1. The lowest BCUT2D eigenvalue weighted by atomic mass is 10.3. The molecule has 0 N–H and O–H groups in total. The number of hydrogen-bond donors (Lipinski definition) is 0. The second kappa shape index (κ2) is 4.56. The predicted octanol–water partition coefficient (Wildman–Crippen LogP) is 1.76. The van der Waals surface area contributed by atoms with Crippen LogP contribution in [-0.2, 0) is 0 Å². The van der Waals surface area contributed by atoms with Crippen LogP contribution in [0.3, 0.4) is 0 Å². The van der Waals surface area contributed by atoms with E-state index in [0.29, 0.717) is 0 Å². The Hall–Kier alpha value is 0.690. The molecule has 0 aromatic rings. The van der Waals surface area contributed by atoms with E-state index in [9.17, 15) is 0 Å². The molecule has 0 saturated heterocycles. The van der Waals surface area contributed by atoms with Crippen molar-refractivity contribution in [1.82, 2.24) is 4.90 Å². The van der Waals surface area contributed by atoms with Gasteiger partial charge in [-0.3, -0.25) is 0 Å². The van der Waals surface area contributed by atoms with Gasteiger partial charge in [-0.1, -0.05) is 29.5 Å². The Morgan fingerprint density at radius 1 is 1.62 bits per heavy atom. The van der Waals surface area contributed by atoms with Crippen molar-refractivity contribution >= 4 is 22.6 Å². The monoisotopic (exact) mass is 227 g/mol. The fourth-order valence-electron chi connectivity index (χ4n) is 0.429. The smallest absolute Gasteiger partial charge is 0.0153 e. The summed E-state index contributed by atoms with van der Waals surface area (Å²) >= 11 is 2.41. The maximum Gasteiger partial charge on any atom is 0.0153 e. The molecular formula is C6H14IN. The van der Waals surface area contributed by atoms with Crippen LogP contribution in [0, 0.1) is 0 Å². The van der Waals surface area contributed by atoms with Crippen molar-refractivity contribution in [1.29, 1.82) is 0 Å². The summed E-state index contributed by atoms with van der Waals surface area (Å²) in [7, 11) is 2.16. The van der Waals surface area contributed by atoms with Gasteiger partial charge in [-0.2, -0.15) is 0 Å². The molecule has 0 bridgehead atoms. The van der Waals surface area contributed by atoms with Crippen LogP contribution in [0.15, 0.2) is 0 Å². The van der Waals surface area contributed by atoms with E-state index < -0.39 is 0 Å². The van der Waals surface area contributed by atoms with Crippen LogP contribution in [0.2, 0.25) is 0 Å². The normalized spacial score (nSPS) is 14.6. The van der Waals surface area contributed by atoms with Gasteiger partial charge in [-0.15, -0.1) is 0 Å². The minimum absolute atomic E-state index is 0.737. The molecule has 0 aromatic heterocycles. The van der Waals surface area contributed by atoms with Crippen LogP contribution in [0.25, 0.3) is 0 Å². The van der Waals surface area contributed by atoms with Gasteiger partial charge in [0.15, 0.2) is 0 Å². The summed E-state index contributed by atoms with van der Waals surface area (Å²) in [5.41, 5.74) is 0. The molecule has 0 radical (unpaired) electrons. The van der Waals surface area contributed by atoms with Gasteiger partial charge < -0.3 is 4.90 Å². The molecule has 1 nitrogen and oxygen atoms in total. The lowest BCUT2D eigenvalue weighted by Crippen LogP contribution is -2.29. The lowest BCUT2D eigenvalue weighted by molar-refractivity contribution is 0.296. The molecule has 0 rings (SSSR count). The maximum atomic E-state index is 2.41. The van der Waals surface area contributed by atoms with E-state index in [1.165, 1.54) is 4.43 Å². The summed E-state index contributed by atoms with van der Waals surface area (Å²) in [4.78, 5) is 2.34. The highest BCUT2D eigenvalue weighted by Crippen LogP contribution is 1.97. The van der Waals surface area contributed by atoms with E-state index in [1.807, 2.05) is 0 Å². The fourth-order valence-corrected chi connectivity index (χ4v) is 1.10. The highest BCUT2D eigenvalue weighted by atomic mass is 127. The van der Waals surface area contributed by atoms with Gasteiger partial charge in [-0.05, 0) is 20.5 Å². The fraction of sp³-hybridized carbons (Fsp3) is 1.00. The molecule has 2 heteroatoms. The molecule has 8 heavy (non-hydrogen) atoms. The first-order valence-corrected chi connectivity index (χ1v) is 4.51. The Labute approximate surface area is 65.6 Å². The van der Waals surface area contributed by atoms with Crippen molar-refractivity contribution < 1.29 is 0 Å². The van der Waals surface area contributed by atoms with Crippen molar-refractivity contribution in [2.24, 2.45) is 0 Å². The Bertz CT molecular complexity index is 48.5. The Kier molecular flexibility index (Phi) is 4.95. The predicted molar refractivity (Wildman–Crippen MR) is 46.7 cm³/mol. The second-order valence-electron chi connectivity index (χ2n) is 2.08. The van der Waals surface area contributed by atoms with Gasteiger partial charge in [0.2, 0.25) is 0 Å². The first-order valence-electron chi connectivity index (χ1n) is 2.98. The zero-order chi connectivity index (χ0) is 6.57. The molecule has 0 aliphatic carbocycles. The van der Waals surface area contributed by atoms with Crippen LogP contribution in [-0.4, -0.2) is 29.0 Å². The largest absolute Gasteiger partial charge is 0.303 e. The zero-order valence-corrected chi connectivity index (χ0v) is 7.97. The first kappa shape index (κ1) is 8.69. The molecule has 0 saturated carbocycles. The van der Waals surface area contributed by atoms with Gasteiger partial charge in [0, 0.05) is 10.5 Å². The van der Waals surface area contributed by atoms with E-state index in [0.717, 1.165) is 12.6 Å². The molecular weight excluding hydrogens is 213 g/mol. The van der Waals surface area contributed by atoms with Gasteiger partial charge in [0.05, 0.1) is 0 Å². The van der Waals surface area contributed by atoms with Crippen molar-refractivity contribution in [3.63, 3.8) is 0 Å². The molecule has 50 valence electrons. The molecule has 1 atom stereocenters. The second-order valence-corrected chi connectivity index (χ2v) is 2.96. The summed E-state index contributed by atoms with van der Waals surface area (Å²) in [5, 5.41) is 0. The first-order chi connectivity index (χ1) is 3.72. The standard InChI is InChI=1S/C6H14IN/c1-4-8(3)6(2)5-7/h6H,4-5H2,1-3H3/t6-/m0/s1. The van der Waals surface area contributed by atoms with E-state index in [1.54, 1.807) is 0 Å². The minimum Gasteiger partial charge on any atom is -0.303 e. The summed E-state index contributed by atoms with van der Waals surface area (Å²) < 4.78 is 1.22. The molecule has 0 aliphatic rings. The van der Waals surface area contributed by atoms with Crippen molar-refractivity contribution in [3.05, 3.63) is 0 Å². The van der Waals surface area contributed by atoms with E-state index in [2.05, 4.69) is 48.4 Å². The maximum absolute atomic E-state index is 2.41. The molecule has 0 unspecified atom stereocenters. The van der Waals surface area contributed by atoms with Crippen molar-refractivity contribution in [3.8, 4) is 0 Å². The molecule has 0 heterocycles. The highest BCUT2D eigenvalue weighted by Gasteiger charge is 2.02. The Balaban J connectivity index is 3.29. The van der Waals surface area contributed by atoms with Crippen LogP contribution in [0.5, 0.6) is 0 Å². The van der Waals surface area contributed by atoms with Gasteiger partial charge >= 0.3 is 0 Å². The van der Waals surface area contributed by atoms with E-state index in [-0.39, 0.29) is 0 Å². The van der Waals surface area contributed by atoms with Crippen molar-refractivity contribution in [2.45, 2.75) is 19.9 Å². The zero-order valence-electron chi connectivity index (χ0n) is 5.82. The van der Waals surface area contributed by atoms with Gasteiger partial charge in [0.1, 0.15) is 0 Å². The van der Waals surface area contributed by atoms with E-state index >= 15 is 0 Å². The minimum atomic E-state index is 0.737. The third-order valence-corrected chi connectivity index (χ3v) is 2.75. The highest BCUT2D eigenvalue weighted by molar-refractivity contribution is 14.1. The third kappa shape index (κ3) is 2.87. The number of nitrogens with zero attached hydrogens (tertiary/aromatic N) is 1. The lowest BCUT2D eigenvalue weighted by Gasteiger charge is -2.19. The quantitative estimate of drug-likeness (QED) is 0.524. The average Bonchev–Trinajstić information content (AvgIpc) is 1.84. The topological polar surface area (TPSA) is 3.24 Å². The van der Waals surface area contributed by atoms with E-state index in [4.69, 9.17) is 0 Å². The molecule has 0 aliphatic heterocycles. The summed E-state index contributed by atoms with van der Waals surface area (Å²) in [5.74, 6) is 0. The Morgan fingerprint density at radius 2 is 2.12 bits per heavy atom. The number of halogens is 1.